The molecule has 20 heavy (non-hydrogen) atoms. The molecule has 0 amide bonds. The third kappa shape index (κ3) is 3.71. The summed E-state index contributed by atoms with van der Waals surface area (Å²) < 4.78 is 18.7. The lowest BCUT2D eigenvalue weighted by atomic mass is 10.1. The third-order valence-corrected chi connectivity index (χ3v) is 3.49. The summed E-state index contributed by atoms with van der Waals surface area (Å²) in [5.41, 5.74) is 2.04. The highest BCUT2D eigenvalue weighted by Gasteiger charge is 2.04. The van der Waals surface area contributed by atoms with Crippen LogP contribution in [0.5, 0.6) is 5.75 Å². The summed E-state index contributed by atoms with van der Waals surface area (Å²) in [4.78, 5) is 0. The van der Waals surface area contributed by atoms with Gasteiger partial charge in [0, 0.05) is 6.04 Å². The number of rotatable bonds is 5. The fourth-order valence-corrected chi connectivity index (χ4v) is 2.02. The van der Waals surface area contributed by atoms with E-state index in [-0.39, 0.29) is 5.02 Å². The molecule has 0 aliphatic carbocycles. The van der Waals surface area contributed by atoms with Crippen molar-refractivity contribution in [3.63, 3.8) is 0 Å². The molecule has 0 aromatic heterocycles. The summed E-state index contributed by atoms with van der Waals surface area (Å²) >= 11 is 5.73. The molecule has 0 aliphatic rings. The lowest BCUT2D eigenvalue weighted by Gasteiger charge is -2.12. The van der Waals surface area contributed by atoms with E-state index in [0.29, 0.717) is 12.6 Å². The molecule has 4 heteroatoms. The van der Waals surface area contributed by atoms with E-state index in [2.05, 4.69) is 12.2 Å². The quantitative estimate of drug-likeness (QED) is 0.885. The Hall–Kier alpha value is -1.58. The van der Waals surface area contributed by atoms with E-state index in [1.807, 2.05) is 31.3 Å². The van der Waals surface area contributed by atoms with Gasteiger partial charge in [-0.3, -0.25) is 0 Å². The Morgan fingerprint density at radius 2 is 1.90 bits per heavy atom. The van der Waals surface area contributed by atoms with Gasteiger partial charge in [0.05, 0.1) is 5.02 Å². The second kappa shape index (κ2) is 6.73. The SMILES string of the molecule is CNC(C)c1ccc(OCc2ccc(F)c(Cl)c2)cc1. The Labute approximate surface area is 123 Å². The van der Waals surface area contributed by atoms with E-state index in [1.165, 1.54) is 11.6 Å². The number of ether oxygens (including phenoxy) is 1. The lowest BCUT2D eigenvalue weighted by molar-refractivity contribution is 0.306. The maximum absolute atomic E-state index is 13.0. The highest BCUT2D eigenvalue weighted by molar-refractivity contribution is 6.30. The summed E-state index contributed by atoms with van der Waals surface area (Å²) in [6.45, 7) is 2.46. The number of hydrogen-bond donors (Lipinski definition) is 1. The average molecular weight is 294 g/mol. The van der Waals surface area contributed by atoms with E-state index in [1.54, 1.807) is 12.1 Å². The van der Waals surface area contributed by atoms with Crippen molar-refractivity contribution in [1.82, 2.24) is 5.32 Å². The van der Waals surface area contributed by atoms with Gasteiger partial charge in [0.15, 0.2) is 0 Å². The second-order valence-electron chi connectivity index (χ2n) is 4.62. The molecule has 2 nitrogen and oxygen atoms in total. The van der Waals surface area contributed by atoms with Crippen LogP contribution in [0.4, 0.5) is 4.39 Å². The van der Waals surface area contributed by atoms with Crippen LogP contribution in [0.15, 0.2) is 42.5 Å². The summed E-state index contributed by atoms with van der Waals surface area (Å²) in [6.07, 6.45) is 0. The summed E-state index contributed by atoms with van der Waals surface area (Å²) in [7, 11) is 1.92. The largest absolute Gasteiger partial charge is 0.489 e. The first kappa shape index (κ1) is 14.8. The summed E-state index contributed by atoms with van der Waals surface area (Å²) in [6, 6.07) is 12.8. The van der Waals surface area contributed by atoms with Crippen molar-refractivity contribution in [3.05, 3.63) is 64.4 Å². The first-order chi connectivity index (χ1) is 9.60. The van der Waals surface area contributed by atoms with Crippen molar-refractivity contribution in [2.45, 2.75) is 19.6 Å². The number of benzene rings is 2. The fraction of sp³-hybridized carbons (Fsp3) is 0.250. The normalized spacial score (nSPS) is 12.2. The van der Waals surface area contributed by atoms with Gasteiger partial charge in [0.25, 0.3) is 0 Å². The first-order valence-corrected chi connectivity index (χ1v) is 6.82. The van der Waals surface area contributed by atoms with Gasteiger partial charge >= 0.3 is 0 Å². The third-order valence-electron chi connectivity index (χ3n) is 3.20. The molecule has 2 aromatic rings. The van der Waals surface area contributed by atoms with Gasteiger partial charge in [0.2, 0.25) is 0 Å². The van der Waals surface area contributed by atoms with Crippen molar-refractivity contribution < 1.29 is 9.13 Å². The number of hydrogen-bond acceptors (Lipinski definition) is 2. The minimum absolute atomic E-state index is 0.115. The van der Waals surface area contributed by atoms with E-state index >= 15 is 0 Å². The molecule has 0 bridgehead atoms. The monoisotopic (exact) mass is 293 g/mol. The first-order valence-electron chi connectivity index (χ1n) is 6.44. The fourth-order valence-electron chi connectivity index (χ4n) is 1.82. The van der Waals surface area contributed by atoms with Crippen LogP contribution < -0.4 is 10.1 Å². The highest BCUT2D eigenvalue weighted by atomic mass is 35.5. The molecule has 1 unspecified atom stereocenters. The zero-order valence-corrected chi connectivity index (χ0v) is 12.2. The zero-order valence-electron chi connectivity index (χ0n) is 11.5. The minimum atomic E-state index is -0.416. The predicted molar refractivity (Wildman–Crippen MR) is 79.7 cm³/mol. The van der Waals surface area contributed by atoms with Crippen molar-refractivity contribution >= 4 is 11.6 Å². The molecule has 2 aromatic carbocycles. The molecule has 1 atom stereocenters. The number of nitrogens with one attached hydrogen (secondary N) is 1. The van der Waals surface area contributed by atoms with Crippen LogP contribution in [0.25, 0.3) is 0 Å². The van der Waals surface area contributed by atoms with Gasteiger partial charge in [-0.2, -0.15) is 0 Å². The molecule has 2 rings (SSSR count). The topological polar surface area (TPSA) is 21.3 Å². The lowest BCUT2D eigenvalue weighted by Crippen LogP contribution is -2.11. The second-order valence-corrected chi connectivity index (χ2v) is 5.02. The van der Waals surface area contributed by atoms with Crippen LogP contribution in [0.3, 0.4) is 0 Å². The maximum atomic E-state index is 13.0. The summed E-state index contributed by atoms with van der Waals surface area (Å²) in [5, 5.41) is 3.29. The molecule has 0 saturated carbocycles. The van der Waals surface area contributed by atoms with Crippen molar-refractivity contribution in [2.24, 2.45) is 0 Å². The highest BCUT2D eigenvalue weighted by Crippen LogP contribution is 2.20. The van der Waals surface area contributed by atoms with Crippen LogP contribution >= 0.6 is 11.6 Å². The molecular weight excluding hydrogens is 277 g/mol. The molecule has 0 saturated heterocycles. The summed E-state index contributed by atoms with van der Waals surface area (Å²) in [5.74, 6) is 0.360. The Balaban J connectivity index is 1.98. The Morgan fingerprint density at radius 3 is 2.50 bits per heavy atom. The average Bonchev–Trinajstić information content (AvgIpc) is 2.48. The zero-order chi connectivity index (χ0) is 14.5. The molecule has 0 heterocycles. The van der Waals surface area contributed by atoms with Gasteiger partial charge in [-0.15, -0.1) is 0 Å². The molecular formula is C16H17ClFNO. The van der Waals surface area contributed by atoms with E-state index < -0.39 is 5.82 Å². The molecule has 0 radical (unpaired) electrons. The Kier molecular flexibility index (Phi) is 4.99. The van der Waals surface area contributed by atoms with E-state index in [4.69, 9.17) is 16.3 Å². The molecule has 106 valence electrons. The van der Waals surface area contributed by atoms with Crippen molar-refractivity contribution in [3.8, 4) is 5.75 Å². The smallest absolute Gasteiger partial charge is 0.141 e. The van der Waals surface area contributed by atoms with E-state index in [9.17, 15) is 4.39 Å². The van der Waals surface area contributed by atoms with E-state index in [0.717, 1.165) is 11.3 Å². The van der Waals surface area contributed by atoms with Crippen LogP contribution in [-0.4, -0.2) is 7.05 Å². The van der Waals surface area contributed by atoms with Crippen LogP contribution in [-0.2, 0) is 6.61 Å². The molecule has 0 aliphatic heterocycles. The van der Waals surface area contributed by atoms with Gasteiger partial charge in [-0.1, -0.05) is 29.8 Å². The predicted octanol–water partition coefficient (Wildman–Crippen LogP) is 4.34. The van der Waals surface area contributed by atoms with Gasteiger partial charge < -0.3 is 10.1 Å². The van der Waals surface area contributed by atoms with Crippen molar-refractivity contribution in [2.75, 3.05) is 7.05 Å². The number of halogens is 2. The van der Waals surface area contributed by atoms with Gasteiger partial charge in [-0.05, 0) is 49.4 Å². The minimum Gasteiger partial charge on any atom is -0.489 e. The Morgan fingerprint density at radius 1 is 1.20 bits per heavy atom. The van der Waals surface area contributed by atoms with Crippen molar-refractivity contribution in [1.29, 1.82) is 0 Å². The Bertz CT molecular complexity index is 571. The maximum Gasteiger partial charge on any atom is 0.141 e. The van der Waals surface area contributed by atoms with Crippen LogP contribution in [0, 0.1) is 5.82 Å². The standard InChI is InChI=1S/C16H17ClFNO/c1-11(19-2)13-4-6-14(7-5-13)20-10-12-3-8-16(18)15(17)9-12/h3-9,11,19H,10H2,1-2H3. The van der Waals surface area contributed by atoms with Gasteiger partial charge in [0.1, 0.15) is 18.2 Å². The van der Waals surface area contributed by atoms with Crippen LogP contribution in [0.1, 0.15) is 24.1 Å². The molecule has 1 N–H and O–H groups in total. The molecule has 0 spiro atoms. The van der Waals surface area contributed by atoms with Crippen LogP contribution in [0.2, 0.25) is 5.02 Å². The molecule has 0 fully saturated rings. The van der Waals surface area contributed by atoms with Gasteiger partial charge in [-0.25, -0.2) is 4.39 Å².